The van der Waals surface area contributed by atoms with Crippen LogP contribution in [-0.4, -0.2) is 66.0 Å². The van der Waals surface area contributed by atoms with E-state index in [1.807, 2.05) is 73.8 Å². The third-order valence-electron chi connectivity index (χ3n) is 10.2. The van der Waals surface area contributed by atoms with Gasteiger partial charge >= 0.3 is 6.09 Å². The first-order chi connectivity index (χ1) is 29.3. The second-order valence-electron chi connectivity index (χ2n) is 15.4. The van der Waals surface area contributed by atoms with Crippen LogP contribution in [0.15, 0.2) is 85.1 Å². The number of anilines is 3. The van der Waals surface area contributed by atoms with Gasteiger partial charge in [0, 0.05) is 36.5 Å². The maximum Gasteiger partial charge on any atom is 0.413 e. The lowest BCUT2D eigenvalue weighted by atomic mass is 9.96. The third-order valence-corrected chi connectivity index (χ3v) is 11.6. The Morgan fingerprint density at radius 2 is 1.66 bits per heavy atom. The van der Waals surface area contributed by atoms with Crippen LogP contribution < -0.4 is 29.3 Å². The molecule has 4 heterocycles. The van der Waals surface area contributed by atoms with Crippen molar-refractivity contribution in [1.82, 2.24) is 19.9 Å². The van der Waals surface area contributed by atoms with Gasteiger partial charge in [-0.1, -0.05) is 65.4 Å². The summed E-state index contributed by atoms with van der Waals surface area (Å²) in [6.07, 6.45) is 1.61. The van der Waals surface area contributed by atoms with Crippen LogP contribution in [-0.2, 0) is 17.7 Å². The van der Waals surface area contributed by atoms with Crippen molar-refractivity contribution < 1.29 is 28.1 Å². The summed E-state index contributed by atoms with van der Waals surface area (Å²) in [5.74, 6) is 2.09. The Bertz CT molecular complexity index is 2750. The average molecular weight is 883 g/mol. The van der Waals surface area contributed by atoms with Crippen molar-refractivity contribution in [2.24, 2.45) is 0 Å². The SMILES string of the molecule is COc1ccc(C[C@H](c2cccnc2N(C)Cc2ccc(OC)cc2)N2CCOc3c(Cl)c(-c4cccc5sc(NC(=O)OC(C)(C)C)nc45)c(F)c4nc(Cl)nc2c34)cc1. The molecule has 314 valence electrons. The minimum absolute atomic E-state index is 0.0224. The molecule has 1 atom stereocenters. The van der Waals surface area contributed by atoms with E-state index in [-0.39, 0.29) is 44.3 Å². The highest BCUT2D eigenvalue weighted by atomic mass is 35.5. The lowest BCUT2D eigenvalue weighted by Gasteiger charge is -2.35. The zero-order chi connectivity index (χ0) is 43.0. The molecule has 1 N–H and O–H groups in total. The smallest absolute Gasteiger partial charge is 0.413 e. The normalized spacial score (nSPS) is 13.1. The van der Waals surface area contributed by atoms with E-state index in [0.29, 0.717) is 41.1 Å². The van der Waals surface area contributed by atoms with Crippen molar-refractivity contribution in [2.75, 3.05) is 49.5 Å². The summed E-state index contributed by atoms with van der Waals surface area (Å²) in [6.45, 7) is 6.36. The van der Waals surface area contributed by atoms with Crippen LogP contribution in [0.25, 0.3) is 32.2 Å². The topological polar surface area (TPSA) is 124 Å². The summed E-state index contributed by atoms with van der Waals surface area (Å²) in [7, 11) is 5.27. The van der Waals surface area contributed by atoms with Crippen molar-refractivity contribution in [3.05, 3.63) is 118 Å². The van der Waals surface area contributed by atoms with Crippen LogP contribution in [0.3, 0.4) is 0 Å². The number of carbonyl (C=O) groups excluding carboxylic acids is 1. The quantitative estimate of drug-likeness (QED) is 0.125. The van der Waals surface area contributed by atoms with Crippen LogP contribution in [0.2, 0.25) is 10.3 Å². The summed E-state index contributed by atoms with van der Waals surface area (Å²) in [5.41, 5.74) is 3.03. The van der Waals surface area contributed by atoms with Crippen LogP contribution in [0.4, 0.5) is 26.0 Å². The lowest BCUT2D eigenvalue weighted by molar-refractivity contribution is 0.0636. The molecule has 0 spiro atoms. The molecule has 0 aliphatic carbocycles. The molecule has 1 amide bonds. The minimum atomic E-state index is -0.727. The number of fused-ring (bicyclic) bond motifs is 1. The molecule has 1 aliphatic rings. The number of pyridine rings is 1. The number of aromatic nitrogens is 4. The number of rotatable bonds is 11. The van der Waals surface area contributed by atoms with E-state index in [4.69, 9.17) is 52.1 Å². The largest absolute Gasteiger partial charge is 0.497 e. The van der Waals surface area contributed by atoms with Gasteiger partial charge in [-0.2, -0.15) is 4.98 Å². The number of hydrogen-bond donors (Lipinski definition) is 1. The highest BCUT2D eigenvalue weighted by Gasteiger charge is 2.35. The number of nitrogens with one attached hydrogen (secondary N) is 1. The zero-order valence-electron chi connectivity index (χ0n) is 34.3. The Labute approximate surface area is 366 Å². The van der Waals surface area contributed by atoms with E-state index in [0.717, 1.165) is 34.0 Å². The molecule has 0 fully saturated rings. The molecule has 0 radical (unpaired) electrons. The summed E-state index contributed by atoms with van der Waals surface area (Å²) >= 11 is 15.2. The first-order valence-corrected chi connectivity index (χ1v) is 21.0. The van der Waals surface area contributed by atoms with E-state index in [2.05, 4.69) is 25.1 Å². The van der Waals surface area contributed by atoms with Gasteiger partial charge in [0.25, 0.3) is 0 Å². The molecule has 0 unspecified atom stereocenters. The summed E-state index contributed by atoms with van der Waals surface area (Å²) < 4.78 is 40.9. The van der Waals surface area contributed by atoms with Gasteiger partial charge in [0.2, 0.25) is 5.28 Å². The molecule has 0 saturated carbocycles. The van der Waals surface area contributed by atoms with Gasteiger partial charge in [-0.05, 0) is 86.3 Å². The number of nitrogens with zero attached hydrogens (tertiary/aromatic N) is 6. The van der Waals surface area contributed by atoms with Crippen molar-refractivity contribution >= 4 is 78.5 Å². The van der Waals surface area contributed by atoms with Gasteiger partial charge in [-0.15, -0.1) is 0 Å². The molecule has 16 heteroatoms. The lowest BCUT2D eigenvalue weighted by Crippen LogP contribution is -2.35. The maximum absolute atomic E-state index is 17.4. The number of carbonyl (C=O) groups is 1. The van der Waals surface area contributed by atoms with E-state index in [1.165, 1.54) is 11.3 Å². The Morgan fingerprint density at radius 1 is 0.951 bits per heavy atom. The van der Waals surface area contributed by atoms with Crippen molar-refractivity contribution in [2.45, 2.75) is 45.4 Å². The van der Waals surface area contributed by atoms with Crippen molar-refractivity contribution in [1.29, 1.82) is 0 Å². The van der Waals surface area contributed by atoms with Crippen LogP contribution in [0.1, 0.15) is 43.5 Å². The van der Waals surface area contributed by atoms with E-state index >= 15 is 4.39 Å². The molecule has 61 heavy (non-hydrogen) atoms. The number of thiazole rings is 1. The molecule has 0 saturated heterocycles. The second kappa shape index (κ2) is 17.2. The summed E-state index contributed by atoms with van der Waals surface area (Å²) in [6, 6.07) is 24.6. The maximum atomic E-state index is 17.4. The van der Waals surface area contributed by atoms with Crippen LogP contribution in [0.5, 0.6) is 17.2 Å². The third kappa shape index (κ3) is 8.65. The van der Waals surface area contributed by atoms with Gasteiger partial charge in [-0.3, -0.25) is 5.32 Å². The summed E-state index contributed by atoms with van der Waals surface area (Å²) in [4.78, 5) is 35.6. The predicted molar refractivity (Wildman–Crippen MR) is 240 cm³/mol. The number of hydrogen-bond acceptors (Lipinski definition) is 12. The monoisotopic (exact) mass is 881 g/mol. The molecular formula is C45H42Cl2FN7O5S. The van der Waals surface area contributed by atoms with Gasteiger partial charge in [0.15, 0.2) is 16.7 Å². The average Bonchev–Trinajstić information content (AvgIpc) is 3.55. The number of ether oxygens (including phenoxy) is 4. The Kier molecular flexibility index (Phi) is 11.8. The molecular weight excluding hydrogens is 841 g/mol. The number of halogens is 3. The first-order valence-electron chi connectivity index (χ1n) is 19.4. The molecule has 4 aromatic carbocycles. The zero-order valence-corrected chi connectivity index (χ0v) is 36.6. The molecule has 1 aliphatic heterocycles. The minimum Gasteiger partial charge on any atom is -0.497 e. The van der Waals surface area contributed by atoms with Crippen molar-refractivity contribution in [3.63, 3.8) is 0 Å². The first kappa shape index (κ1) is 41.8. The number of methoxy groups -OCH3 is 2. The molecule has 8 rings (SSSR count). The molecule has 12 nitrogen and oxygen atoms in total. The Balaban J connectivity index is 1.26. The Hall–Kier alpha value is -5.96. The second-order valence-corrected chi connectivity index (χ2v) is 17.1. The summed E-state index contributed by atoms with van der Waals surface area (Å²) in [5, 5.41) is 3.11. The molecule has 7 aromatic rings. The fourth-order valence-electron chi connectivity index (χ4n) is 7.50. The number of benzene rings is 4. The highest BCUT2D eigenvalue weighted by molar-refractivity contribution is 7.22. The van der Waals surface area contributed by atoms with Crippen molar-refractivity contribution in [3.8, 4) is 28.4 Å². The predicted octanol–water partition coefficient (Wildman–Crippen LogP) is 10.9. The fourth-order valence-corrected chi connectivity index (χ4v) is 8.88. The van der Waals surface area contributed by atoms with E-state index < -0.39 is 23.6 Å². The Morgan fingerprint density at radius 3 is 2.34 bits per heavy atom. The van der Waals surface area contributed by atoms with Crippen LogP contribution in [0, 0.1) is 5.82 Å². The van der Waals surface area contributed by atoms with Gasteiger partial charge in [0.1, 0.15) is 40.9 Å². The van der Waals surface area contributed by atoms with E-state index in [1.54, 1.807) is 53.3 Å². The van der Waals surface area contributed by atoms with Gasteiger partial charge in [-0.25, -0.2) is 24.1 Å². The van der Waals surface area contributed by atoms with Gasteiger partial charge in [0.05, 0.1) is 47.4 Å². The molecule has 3 aromatic heterocycles. The molecule has 0 bridgehead atoms. The van der Waals surface area contributed by atoms with Gasteiger partial charge < -0.3 is 28.7 Å². The van der Waals surface area contributed by atoms with Crippen LogP contribution >= 0.6 is 34.5 Å². The standard InChI is InChI=1S/C45H42Cl2FN7O5S/c1-45(2,3)60-44(56)53-43-51-37-30(9-7-11-32(37)61-43)33-35(46)39-34-38(36(33)48)50-42(47)52-41(34)55(21-22-59-39)31(23-25-12-16-27(57-5)17-13-25)29-10-8-20-49-40(29)54(4)24-26-14-18-28(58-6)19-15-26/h7-20,31H,21-24H2,1-6H3,(H,51,53,56)/t31-/m1/s1. The van der Waals surface area contributed by atoms with E-state index in [9.17, 15) is 4.79 Å². The number of para-hydroxylation sites is 1. The highest BCUT2D eigenvalue weighted by Crippen LogP contribution is 2.50. The fraction of sp³-hybridized carbons (Fsp3) is 0.267. The number of amides is 1.